The van der Waals surface area contributed by atoms with Gasteiger partial charge in [0.2, 0.25) is 5.91 Å². The Morgan fingerprint density at radius 3 is 2.88 bits per heavy atom. The van der Waals surface area contributed by atoms with Gasteiger partial charge in [-0.05, 0) is 30.9 Å². The maximum absolute atomic E-state index is 12.4. The number of pyridine rings is 1. The van der Waals surface area contributed by atoms with Crippen LogP contribution in [0.25, 0.3) is 0 Å². The van der Waals surface area contributed by atoms with Gasteiger partial charge in [0, 0.05) is 31.4 Å². The fourth-order valence-corrected chi connectivity index (χ4v) is 3.49. The van der Waals surface area contributed by atoms with E-state index in [1.807, 2.05) is 18.2 Å². The summed E-state index contributed by atoms with van der Waals surface area (Å²) in [5, 5.41) is 2.91. The van der Waals surface area contributed by atoms with Gasteiger partial charge in [-0.2, -0.15) is 0 Å². The molecule has 1 N–H and O–H groups in total. The van der Waals surface area contributed by atoms with Crippen LogP contribution in [0.5, 0.6) is 0 Å². The van der Waals surface area contributed by atoms with Crippen molar-refractivity contribution < 1.29 is 14.3 Å². The summed E-state index contributed by atoms with van der Waals surface area (Å²) in [4.78, 5) is 30.3. The fourth-order valence-electron chi connectivity index (χ4n) is 3.49. The Morgan fingerprint density at radius 2 is 2.12 bits per heavy atom. The van der Waals surface area contributed by atoms with Crippen molar-refractivity contribution in [2.45, 2.75) is 44.6 Å². The third kappa shape index (κ3) is 4.24. The second-order valence-electron chi connectivity index (χ2n) is 6.61. The lowest BCUT2D eigenvalue weighted by Crippen LogP contribution is -2.47. The standard InChI is InChI=1S/C18H25N3O3/c22-17(20-11-9-15-8-4-5-10-19-15)16-13-24-18(23)21(16)12-14-6-2-1-3-7-14/h4-5,8,10,14,16H,1-3,6-7,9,11-13H2,(H,20,22)/t16-/m0/s1. The van der Waals surface area contributed by atoms with Gasteiger partial charge in [0.1, 0.15) is 12.6 Å². The number of ether oxygens (including phenoxy) is 1. The minimum atomic E-state index is -0.497. The molecule has 24 heavy (non-hydrogen) atoms. The SMILES string of the molecule is O=C(NCCc1ccccn1)[C@@H]1COC(=O)N1CC1CCCCC1. The number of hydrogen-bond acceptors (Lipinski definition) is 4. The minimum Gasteiger partial charge on any atom is -0.447 e. The van der Waals surface area contributed by atoms with E-state index in [4.69, 9.17) is 4.74 Å². The van der Waals surface area contributed by atoms with Crippen LogP contribution < -0.4 is 5.32 Å². The highest BCUT2D eigenvalue weighted by atomic mass is 16.6. The third-order valence-corrected chi connectivity index (χ3v) is 4.86. The molecular weight excluding hydrogens is 306 g/mol. The Labute approximate surface area is 142 Å². The van der Waals surface area contributed by atoms with E-state index in [0.717, 1.165) is 18.5 Å². The van der Waals surface area contributed by atoms with E-state index >= 15 is 0 Å². The molecule has 0 bridgehead atoms. The lowest BCUT2D eigenvalue weighted by Gasteiger charge is -2.28. The number of carbonyl (C=O) groups excluding carboxylic acids is 2. The molecule has 130 valence electrons. The first-order valence-corrected chi connectivity index (χ1v) is 8.85. The van der Waals surface area contributed by atoms with Crippen molar-refractivity contribution in [3.63, 3.8) is 0 Å². The molecule has 1 aromatic rings. The highest BCUT2D eigenvalue weighted by molar-refractivity contribution is 5.87. The molecule has 2 amide bonds. The van der Waals surface area contributed by atoms with Gasteiger partial charge in [0.15, 0.2) is 0 Å². The van der Waals surface area contributed by atoms with Crippen LogP contribution in [-0.4, -0.2) is 47.6 Å². The van der Waals surface area contributed by atoms with Gasteiger partial charge in [-0.1, -0.05) is 25.3 Å². The zero-order chi connectivity index (χ0) is 16.8. The average molecular weight is 331 g/mol. The van der Waals surface area contributed by atoms with Crippen molar-refractivity contribution in [1.29, 1.82) is 0 Å². The van der Waals surface area contributed by atoms with Crippen molar-refractivity contribution in [3.8, 4) is 0 Å². The number of rotatable bonds is 6. The number of nitrogens with zero attached hydrogens (tertiary/aromatic N) is 2. The molecule has 2 fully saturated rings. The minimum absolute atomic E-state index is 0.132. The number of carbonyl (C=O) groups is 2. The number of nitrogens with one attached hydrogen (secondary N) is 1. The molecule has 1 atom stereocenters. The first-order valence-electron chi connectivity index (χ1n) is 8.85. The van der Waals surface area contributed by atoms with E-state index in [0.29, 0.717) is 25.4 Å². The normalized spacial score (nSPS) is 21.6. The summed E-state index contributed by atoms with van der Waals surface area (Å²) in [6.07, 6.45) is 8.05. The van der Waals surface area contributed by atoms with E-state index in [-0.39, 0.29) is 18.6 Å². The third-order valence-electron chi connectivity index (χ3n) is 4.86. The maximum atomic E-state index is 12.4. The average Bonchev–Trinajstić information content (AvgIpc) is 2.97. The molecule has 1 aromatic heterocycles. The van der Waals surface area contributed by atoms with Crippen molar-refractivity contribution in [2.75, 3.05) is 19.7 Å². The number of aromatic nitrogens is 1. The molecule has 1 saturated heterocycles. The summed E-state index contributed by atoms with van der Waals surface area (Å²) in [5.74, 6) is 0.362. The van der Waals surface area contributed by atoms with Crippen LogP contribution in [0.4, 0.5) is 4.79 Å². The summed E-state index contributed by atoms with van der Waals surface area (Å²) in [7, 11) is 0. The molecule has 2 aliphatic rings. The molecule has 1 saturated carbocycles. The first-order chi connectivity index (χ1) is 11.7. The van der Waals surface area contributed by atoms with Crippen LogP contribution in [0.3, 0.4) is 0 Å². The fraction of sp³-hybridized carbons (Fsp3) is 0.611. The maximum Gasteiger partial charge on any atom is 0.410 e. The molecule has 0 spiro atoms. The van der Waals surface area contributed by atoms with E-state index < -0.39 is 6.04 Å². The smallest absolute Gasteiger partial charge is 0.410 e. The molecule has 3 rings (SSSR count). The molecular formula is C18H25N3O3. The lowest BCUT2D eigenvalue weighted by atomic mass is 9.89. The van der Waals surface area contributed by atoms with E-state index in [9.17, 15) is 9.59 Å². The monoisotopic (exact) mass is 331 g/mol. The van der Waals surface area contributed by atoms with Crippen LogP contribution in [0.1, 0.15) is 37.8 Å². The summed E-state index contributed by atoms with van der Waals surface area (Å²) < 4.78 is 5.12. The van der Waals surface area contributed by atoms with Gasteiger partial charge >= 0.3 is 6.09 Å². The predicted molar refractivity (Wildman–Crippen MR) is 89.4 cm³/mol. The summed E-state index contributed by atoms with van der Waals surface area (Å²) >= 11 is 0. The van der Waals surface area contributed by atoms with Crippen LogP contribution in [0.15, 0.2) is 24.4 Å². The van der Waals surface area contributed by atoms with Crippen LogP contribution >= 0.6 is 0 Å². The number of hydrogen-bond donors (Lipinski definition) is 1. The molecule has 0 aromatic carbocycles. The van der Waals surface area contributed by atoms with Gasteiger partial charge < -0.3 is 10.1 Å². The Kier molecular flexibility index (Phi) is 5.67. The van der Waals surface area contributed by atoms with Crippen molar-refractivity contribution >= 4 is 12.0 Å². The molecule has 6 nitrogen and oxygen atoms in total. The zero-order valence-electron chi connectivity index (χ0n) is 13.9. The van der Waals surface area contributed by atoms with Gasteiger partial charge in [-0.3, -0.25) is 14.7 Å². The Bertz CT molecular complexity index is 558. The van der Waals surface area contributed by atoms with Crippen molar-refractivity contribution in [2.24, 2.45) is 5.92 Å². The molecule has 6 heteroatoms. The molecule has 2 heterocycles. The zero-order valence-corrected chi connectivity index (χ0v) is 13.9. The number of amides is 2. The first kappa shape index (κ1) is 16.7. The molecule has 0 unspecified atom stereocenters. The lowest BCUT2D eigenvalue weighted by molar-refractivity contribution is -0.125. The van der Waals surface area contributed by atoms with Gasteiger partial charge in [0.05, 0.1) is 0 Å². The van der Waals surface area contributed by atoms with E-state index in [1.165, 1.54) is 19.3 Å². The molecule has 1 aliphatic heterocycles. The topological polar surface area (TPSA) is 71.5 Å². The summed E-state index contributed by atoms with van der Waals surface area (Å²) in [5.41, 5.74) is 0.940. The predicted octanol–water partition coefficient (Wildman–Crippen LogP) is 2.14. The van der Waals surface area contributed by atoms with Crippen molar-refractivity contribution in [1.82, 2.24) is 15.2 Å². The van der Waals surface area contributed by atoms with Crippen LogP contribution in [0, 0.1) is 5.92 Å². The summed E-state index contributed by atoms with van der Waals surface area (Å²) in [6.45, 7) is 1.30. The molecule has 0 radical (unpaired) electrons. The van der Waals surface area contributed by atoms with Gasteiger partial charge in [0.25, 0.3) is 0 Å². The van der Waals surface area contributed by atoms with Crippen molar-refractivity contribution in [3.05, 3.63) is 30.1 Å². The summed E-state index contributed by atoms with van der Waals surface area (Å²) in [6, 6.07) is 5.24. The Hall–Kier alpha value is -2.11. The Balaban J connectivity index is 1.49. The molecule has 1 aliphatic carbocycles. The second-order valence-corrected chi connectivity index (χ2v) is 6.61. The highest BCUT2D eigenvalue weighted by Crippen LogP contribution is 2.26. The Morgan fingerprint density at radius 1 is 1.29 bits per heavy atom. The van der Waals surface area contributed by atoms with Gasteiger partial charge in [-0.15, -0.1) is 0 Å². The van der Waals surface area contributed by atoms with Crippen LogP contribution in [0.2, 0.25) is 0 Å². The quantitative estimate of drug-likeness (QED) is 0.867. The van der Waals surface area contributed by atoms with E-state index in [2.05, 4.69) is 10.3 Å². The highest BCUT2D eigenvalue weighted by Gasteiger charge is 2.39. The van der Waals surface area contributed by atoms with Crippen LogP contribution in [-0.2, 0) is 16.0 Å². The second kappa shape index (κ2) is 8.13. The van der Waals surface area contributed by atoms with Gasteiger partial charge in [-0.25, -0.2) is 4.79 Å². The van der Waals surface area contributed by atoms with E-state index in [1.54, 1.807) is 11.1 Å². The largest absolute Gasteiger partial charge is 0.447 e. The number of cyclic esters (lactones) is 1.